The van der Waals surface area contributed by atoms with Crippen molar-refractivity contribution in [3.63, 3.8) is 0 Å². The molecule has 13 nitrogen and oxygen atoms in total. The summed E-state index contributed by atoms with van der Waals surface area (Å²) < 4.78 is 30.5. The van der Waals surface area contributed by atoms with Crippen LogP contribution in [0.4, 0.5) is 0 Å². The van der Waals surface area contributed by atoms with E-state index in [-0.39, 0.29) is 32.7 Å². The van der Waals surface area contributed by atoms with Crippen LogP contribution in [-0.2, 0) is 60.0 Å². The topological polar surface area (TPSA) is 159 Å². The maximum atomic E-state index is 14.3. The van der Waals surface area contributed by atoms with Crippen molar-refractivity contribution in [2.75, 3.05) is 19.8 Å². The van der Waals surface area contributed by atoms with E-state index in [2.05, 4.69) is 5.32 Å². The van der Waals surface area contributed by atoms with Crippen LogP contribution in [0.15, 0.2) is 91.0 Å². The van der Waals surface area contributed by atoms with Gasteiger partial charge in [0.1, 0.15) is 36.4 Å². The summed E-state index contributed by atoms with van der Waals surface area (Å²) in [6, 6.07) is 25.0. The van der Waals surface area contributed by atoms with E-state index in [1.54, 1.807) is 32.1 Å². The fraction of sp³-hybridized carbons (Fsp3) is 0.400. The first-order chi connectivity index (χ1) is 25.6. The van der Waals surface area contributed by atoms with Gasteiger partial charge in [0.25, 0.3) is 0 Å². The number of carbonyl (C=O) groups excluding carboxylic acids is 4. The maximum absolute atomic E-state index is 14.3. The highest BCUT2D eigenvalue weighted by molar-refractivity contribution is 5.94. The number of esters is 3. The summed E-state index contributed by atoms with van der Waals surface area (Å²) in [7, 11) is 0. The molecule has 53 heavy (non-hydrogen) atoms. The average Bonchev–Trinajstić information content (AvgIpc) is 3.82. The van der Waals surface area contributed by atoms with Crippen molar-refractivity contribution in [3.05, 3.63) is 113 Å². The second kappa shape index (κ2) is 13.5. The van der Waals surface area contributed by atoms with Gasteiger partial charge in [0.15, 0.2) is 6.04 Å². The molecule has 13 heteroatoms. The van der Waals surface area contributed by atoms with Crippen molar-refractivity contribution < 1.29 is 52.8 Å². The predicted octanol–water partition coefficient (Wildman–Crippen LogP) is 2.79. The Morgan fingerprint density at radius 2 is 1.58 bits per heavy atom. The smallest absolute Gasteiger partial charge is 0.348 e. The standard InChI is InChI=1S/C40H40N2O11/c1-38(2)23-48-36(46)34(38)50-29(44)18-17-24-11-9-10-12-25(24)22-42-32-35(45)49-28-21-39(32,37(47)41-19-20-43)33(53-42)31-30(28)51-40(52-31,26-13-5-3-6-14-26)27-15-7-4-8-16-27/h3-18,28,30-34,43H,19-23H2,1-2H3,(H,41,47)/t28-,30+,31+,32+,33-,34+,39+/m1/s1. The minimum absolute atomic E-state index is 0.0221. The van der Waals surface area contributed by atoms with Gasteiger partial charge in [0.05, 0.1) is 13.2 Å². The van der Waals surface area contributed by atoms with E-state index in [4.69, 9.17) is 28.5 Å². The molecule has 1 amide bonds. The predicted molar refractivity (Wildman–Crippen MR) is 185 cm³/mol. The number of nitrogens with zero attached hydrogens (tertiary/aromatic N) is 1. The van der Waals surface area contributed by atoms with Gasteiger partial charge in [-0.2, -0.15) is 5.06 Å². The van der Waals surface area contributed by atoms with E-state index < -0.39 is 77.0 Å². The zero-order valence-electron chi connectivity index (χ0n) is 29.2. The highest BCUT2D eigenvalue weighted by Crippen LogP contribution is 2.59. The van der Waals surface area contributed by atoms with Crippen LogP contribution in [0.25, 0.3) is 6.08 Å². The van der Waals surface area contributed by atoms with Crippen molar-refractivity contribution in [2.24, 2.45) is 10.8 Å². The molecule has 0 unspecified atom stereocenters. The quantitative estimate of drug-likeness (QED) is 0.179. The Morgan fingerprint density at radius 3 is 2.25 bits per heavy atom. The lowest BCUT2D eigenvalue weighted by Crippen LogP contribution is -2.69. The molecule has 3 aromatic carbocycles. The molecule has 1 saturated carbocycles. The molecule has 8 rings (SSSR count). The van der Waals surface area contributed by atoms with Gasteiger partial charge in [-0.05, 0) is 17.2 Å². The van der Waals surface area contributed by atoms with Crippen LogP contribution in [-0.4, -0.2) is 90.3 Å². The van der Waals surface area contributed by atoms with Crippen molar-refractivity contribution >= 4 is 29.9 Å². The first-order valence-electron chi connectivity index (χ1n) is 17.7. The number of aliphatic hydroxyl groups is 1. The summed E-state index contributed by atoms with van der Waals surface area (Å²) in [5.41, 5.74) is 0.603. The first kappa shape index (κ1) is 35.1. The SMILES string of the molecule is CC1(C)COC(=O)[C@@H]1OC(=O)C=Cc1ccccc1CN1O[C@@H]2[C@H]3OC(c4ccccc4)(c4ccccc4)O[C@H]3[C@H]3C[C@]2(C(=O)NCCO)[C@@H]1C(=O)O3. The normalized spacial score (nSPS) is 30.8. The number of fused-ring (bicyclic) bond motifs is 4. The molecule has 5 aliphatic rings. The van der Waals surface area contributed by atoms with E-state index in [1.165, 1.54) is 11.1 Å². The zero-order valence-corrected chi connectivity index (χ0v) is 29.2. The fourth-order valence-electron chi connectivity index (χ4n) is 8.28. The van der Waals surface area contributed by atoms with Crippen LogP contribution in [0, 0.1) is 10.8 Å². The Hall–Kier alpha value is -4.92. The summed E-state index contributed by atoms with van der Waals surface area (Å²) >= 11 is 0. The van der Waals surface area contributed by atoms with E-state index in [9.17, 15) is 24.3 Å². The summed E-state index contributed by atoms with van der Waals surface area (Å²) in [6.45, 7) is 3.42. The Labute approximate surface area is 305 Å². The number of hydroxylamine groups is 2. The molecule has 276 valence electrons. The third-order valence-electron chi connectivity index (χ3n) is 10.8. The highest BCUT2D eigenvalue weighted by atomic mass is 16.8. The van der Waals surface area contributed by atoms with Crippen molar-refractivity contribution in [3.8, 4) is 0 Å². The van der Waals surface area contributed by atoms with Gasteiger partial charge >= 0.3 is 17.9 Å². The number of hydrogen-bond donors (Lipinski definition) is 2. The van der Waals surface area contributed by atoms with Gasteiger partial charge in [-0.15, -0.1) is 0 Å². The Morgan fingerprint density at radius 1 is 0.925 bits per heavy atom. The molecule has 7 atom stereocenters. The van der Waals surface area contributed by atoms with Crippen molar-refractivity contribution in [2.45, 2.75) is 69.2 Å². The summed E-state index contributed by atoms with van der Waals surface area (Å²) in [6.07, 6.45) is -1.60. The lowest BCUT2D eigenvalue weighted by atomic mass is 9.62. The molecule has 0 spiro atoms. The first-order valence-corrected chi connectivity index (χ1v) is 17.7. The molecule has 1 aliphatic carbocycles. The third-order valence-corrected chi connectivity index (χ3v) is 10.8. The van der Waals surface area contributed by atoms with Gasteiger partial charge in [-0.1, -0.05) is 98.8 Å². The van der Waals surface area contributed by atoms with Crippen molar-refractivity contribution in [1.29, 1.82) is 0 Å². The molecule has 3 aromatic rings. The number of amides is 1. The van der Waals surface area contributed by atoms with Gasteiger partial charge < -0.3 is 34.1 Å². The number of benzene rings is 3. The van der Waals surface area contributed by atoms with Crippen molar-refractivity contribution in [1.82, 2.24) is 10.4 Å². The van der Waals surface area contributed by atoms with Crippen LogP contribution in [0.5, 0.6) is 0 Å². The third kappa shape index (κ3) is 5.83. The lowest BCUT2D eigenvalue weighted by molar-refractivity contribution is -0.213. The van der Waals surface area contributed by atoms with E-state index in [0.29, 0.717) is 11.1 Å². The van der Waals surface area contributed by atoms with Crippen LogP contribution in [0.3, 0.4) is 0 Å². The van der Waals surface area contributed by atoms with Crippen LogP contribution in [0.2, 0.25) is 0 Å². The van der Waals surface area contributed by atoms with Gasteiger partial charge in [0, 0.05) is 35.6 Å². The molecule has 4 aliphatic heterocycles. The lowest BCUT2D eigenvalue weighted by Gasteiger charge is -2.48. The molecule has 2 N–H and O–H groups in total. The largest absolute Gasteiger partial charge is 0.462 e. The van der Waals surface area contributed by atoms with Gasteiger partial charge in [-0.3, -0.25) is 14.4 Å². The van der Waals surface area contributed by atoms with Crippen LogP contribution in [0.1, 0.15) is 42.5 Å². The Bertz CT molecular complexity index is 1900. The summed E-state index contributed by atoms with van der Waals surface area (Å²) in [5.74, 6) is -3.82. The van der Waals surface area contributed by atoms with Crippen LogP contribution >= 0.6 is 0 Å². The second-order valence-electron chi connectivity index (χ2n) is 14.7. The minimum Gasteiger partial charge on any atom is -0.462 e. The average molecular weight is 725 g/mol. The zero-order chi connectivity index (χ0) is 37.0. The van der Waals surface area contributed by atoms with E-state index in [0.717, 1.165) is 11.1 Å². The van der Waals surface area contributed by atoms with Gasteiger partial charge in [0.2, 0.25) is 17.8 Å². The molecule has 0 radical (unpaired) electrons. The number of cyclic esters (lactones) is 1. The number of hydrogen-bond acceptors (Lipinski definition) is 12. The van der Waals surface area contributed by atoms with Crippen LogP contribution < -0.4 is 5.32 Å². The molecule has 4 heterocycles. The molecule has 5 fully saturated rings. The number of rotatable bonds is 10. The summed E-state index contributed by atoms with van der Waals surface area (Å²) in [4.78, 5) is 60.1. The Balaban J connectivity index is 1.13. The summed E-state index contributed by atoms with van der Waals surface area (Å²) in [5, 5.41) is 13.9. The molecular weight excluding hydrogens is 684 g/mol. The van der Waals surface area contributed by atoms with Gasteiger partial charge in [-0.25, -0.2) is 9.59 Å². The minimum atomic E-state index is -1.46. The number of nitrogens with one attached hydrogen (secondary N) is 1. The molecule has 4 saturated heterocycles. The maximum Gasteiger partial charge on any atom is 0.348 e. The fourth-order valence-corrected chi connectivity index (χ4v) is 8.28. The Kier molecular flexibility index (Phi) is 8.94. The highest BCUT2D eigenvalue weighted by Gasteiger charge is 2.76. The molecular formula is C40H40N2O11. The molecule has 0 aromatic heterocycles. The molecule has 2 bridgehead atoms. The number of ether oxygens (including phenoxy) is 5. The van der Waals surface area contributed by atoms with E-state index >= 15 is 0 Å². The van der Waals surface area contributed by atoms with E-state index in [1.807, 2.05) is 72.8 Å². The number of carbonyl (C=O) groups is 4. The second-order valence-corrected chi connectivity index (χ2v) is 14.7. The monoisotopic (exact) mass is 724 g/mol. The number of aliphatic hydroxyl groups excluding tert-OH is 1.